The van der Waals surface area contributed by atoms with Crippen LogP contribution in [0.25, 0.3) is 0 Å². The molecule has 4 nitrogen and oxygen atoms in total. The maximum atomic E-state index is 12.4. The van der Waals surface area contributed by atoms with Crippen LogP contribution in [0.2, 0.25) is 10.0 Å². The zero-order chi connectivity index (χ0) is 21.9. The van der Waals surface area contributed by atoms with E-state index >= 15 is 0 Å². The Hall–Kier alpha value is -1.91. The smallest absolute Gasteiger partial charge is 0.417 e. The number of nitrogens with one attached hydrogen (secondary N) is 1. The van der Waals surface area contributed by atoms with E-state index in [4.69, 9.17) is 27.9 Å². The van der Waals surface area contributed by atoms with Gasteiger partial charge in [-0.15, -0.1) is 0 Å². The van der Waals surface area contributed by atoms with Gasteiger partial charge in [0.1, 0.15) is 5.75 Å². The van der Waals surface area contributed by atoms with E-state index in [0.29, 0.717) is 16.3 Å². The second-order valence-corrected chi connectivity index (χ2v) is 8.33. The van der Waals surface area contributed by atoms with Gasteiger partial charge in [-0.25, -0.2) is 4.79 Å². The van der Waals surface area contributed by atoms with Gasteiger partial charge >= 0.3 is 6.09 Å². The zero-order valence-corrected chi connectivity index (χ0v) is 19.3. The van der Waals surface area contributed by atoms with Gasteiger partial charge in [0.05, 0.1) is 10.7 Å². The number of benzene rings is 2. The minimum Gasteiger partial charge on any atom is -0.504 e. The number of hydrogen-bond acceptors (Lipinski definition) is 3. The fraction of sp³-hybridized carbons (Fsp3) is 0.458. The Morgan fingerprint density at radius 3 is 2.37 bits per heavy atom. The monoisotopic (exact) mass is 451 g/mol. The third-order valence-corrected chi connectivity index (χ3v) is 5.99. The summed E-state index contributed by atoms with van der Waals surface area (Å²) in [5.41, 5.74) is 1.65. The summed E-state index contributed by atoms with van der Waals surface area (Å²) < 4.78 is 5.49. The van der Waals surface area contributed by atoms with Crippen molar-refractivity contribution in [2.45, 2.75) is 71.6 Å². The first-order valence-corrected chi connectivity index (χ1v) is 11.4. The second-order valence-electron chi connectivity index (χ2n) is 7.54. The van der Waals surface area contributed by atoms with Gasteiger partial charge < -0.3 is 9.84 Å². The van der Waals surface area contributed by atoms with Gasteiger partial charge in [0, 0.05) is 5.02 Å². The highest BCUT2D eigenvalue weighted by atomic mass is 35.5. The summed E-state index contributed by atoms with van der Waals surface area (Å²) in [5, 5.41) is 13.1. The fourth-order valence-electron chi connectivity index (χ4n) is 3.29. The summed E-state index contributed by atoms with van der Waals surface area (Å²) >= 11 is 12.1. The summed E-state index contributed by atoms with van der Waals surface area (Å²) in [6.45, 7) is 3.92. The number of rotatable bonds is 11. The van der Waals surface area contributed by atoms with E-state index in [1.807, 2.05) is 18.2 Å². The molecule has 2 rings (SSSR count). The van der Waals surface area contributed by atoms with E-state index < -0.39 is 6.09 Å². The molecule has 164 valence electrons. The normalized spacial score (nSPS) is 10.8. The van der Waals surface area contributed by atoms with Gasteiger partial charge in [-0.05, 0) is 43.0 Å². The van der Waals surface area contributed by atoms with Gasteiger partial charge in [-0.1, -0.05) is 93.3 Å². The Kier molecular flexibility index (Phi) is 10.3. The van der Waals surface area contributed by atoms with Crippen LogP contribution in [0.5, 0.6) is 11.5 Å². The zero-order valence-electron chi connectivity index (χ0n) is 17.8. The van der Waals surface area contributed by atoms with Crippen LogP contribution in [0.15, 0.2) is 30.3 Å². The van der Waals surface area contributed by atoms with Crippen molar-refractivity contribution in [2.24, 2.45) is 0 Å². The summed E-state index contributed by atoms with van der Waals surface area (Å²) in [6.07, 6.45) is 10.1. The summed E-state index contributed by atoms with van der Waals surface area (Å²) in [7, 11) is 0. The average molecular weight is 452 g/mol. The highest BCUT2D eigenvalue weighted by molar-refractivity contribution is 6.37. The van der Waals surface area contributed by atoms with Crippen LogP contribution in [0.3, 0.4) is 0 Å². The van der Waals surface area contributed by atoms with E-state index in [1.54, 1.807) is 13.0 Å². The van der Waals surface area contributed by atoms with Crippen LogP contribution in [-0.2, 0) is 6.42 Å². The maximum absolute atomic E-state index is 12.4. The summed E-state index contributed by atoms with van der Waals surface area (Å²) in [4.78, 5) is 12.4. The number of amides is 1. The van der Waals surface area contributed by atoms with Gasteiger partial charge in [-0.2, -0.15) is 0 Å². The number of carbonyl (C=O) groups excluding carboxylic acids is 1. The van der Waals surface area contributed by atoms with Crippen molar-refractivity contribution in [3.63, 3.8) is 0 Å². The molecule has 0 heterocycles. The van der Waals surface area contributed by atoms with E-state index in [-0.39, 0.29) is 16.5 Å². The van der Waals surface area contributed by atoms with Crippen LogP contribution in [-0.4, -0.2) is 11.2 Å². The van der Waals surface area contributed by atoms with E-state index in [1.165, 1.54) is 51.0 Å². The molecule has 0 aliphatic rings. The Bertz CT molecular complexity index is 839. The van der Waals surface area contributed by atoms with Crippen LogP contribution < -0.4 is 10.1 Å². The molecule has 0 spiro atoms. The molecule has 0 aliphatic carbocycles. The number of anilines is 1. The van der Waals surface area contributed by atoms with E-state index in [2.05, 4.69) is 12.2 Å². The number of carbonyl (C=O) groups is 1. The molecule has 1 amide bonds. The molecule has 0 aliphatic heterocycles. The van der Waals surface area contributed by atoms with E-state index in [9.17, 15) is 9.90 Å². The number of halogens is 2. The molecule has 0 saturated carbocycles. The number of aryl methyl sites for hydroxylation is 1. The maximum Gasteiger partial charge on any atom is 0.417 e. The number of hydrogen-bond donors (Lipinski definition) is 2. The molecule has 0 fully saturated rings. The van der Waals surface area contributed by atoms with Gasteiger partial charge in [0.15, 0.2) is 5.75 Å². The number of ether oxygens (including phenoxy) is 1. The van der Waals surface area contributed by atoms with Crippen LogP contribution in [0.4, 0.5) is 10.5 Å². The van der Waals surface area contributed by atoms with E-state index in [0.717, 1.165) is 18.4 Å². The molecule has 2 aromatic rings. The number of phenols is 1. The van der Waals surface area contributed by atoms with Crippen LogP contribution in [0, 0.1) is 6.92 Å². The van der Waals surface area contributed by atoms with Crippen LogP contribution >= 0.6 is 23.2 Å². The molecule has 0 atom stereocenters. The van der Waals surface area contributed by atoms with Crippen molar-refractivity contribution < 1.29 is 14.6 Å². The highest BCUT2D eigenvalue weighted by Crippen LogP contribution is 2.38. The van der Waals surface area contributed by atoms with Crippen molar-refractivity contribution >= 4 is 35.0 Å². The van der Waals surface area contributed by atoms with Crippen LogP contribution in [0.1, 0.15) is 69.4 Å². The molecule has 0 unspecified atom stereocenters. The van der Waals surface area contributed by atoms with Crippen molar-refractivity contribution in [1.29, 1.82) is 0 Å². The quantitative estimate of drug-likeness (QED) is 0.266. The fourth-order valence-corrected chi connectivity index (χ4v) is 3.75. The molecule has 0 aromatic heterocycles. The Morgan fingerprint density at radius 2 is 1.67 bits per heavy atom. The molecule has 0 radical (unpaired) electrons. The third-order valence-electron chi connectivity index (χ3n) is 5.13. The van der Waals surface area contributed by atoms with Gasteiger partial charge in [0.2, 0.25) is 0 Å². The standard InChI is InChI=1S/C24H31Cl2NO3/c1-3-4-5-6-7-8-9-10-13-18-14-11-12-15-21(18)30-24(29)27-20-16-19(25)17(2)22(26)23(20)28/h11-12,14-16,28H,3-10,13H2,1-2H3,(H,27,29). The lowest BCUT2D eigenvalue weighted by atomic mass is 10.0. The van der Waals surface area contributed by atoms with Gasteiger partial charge in [-0.3, -0.25) is 5.32 Å². The first kappa shape index (κ1) is 24.4. The SMILES string of the molecule is CCCCCCCCCCc1ccccc1OC(=O)Nc1cc(Cl)c(C)c(Cl)c1O. The molecule has 6 heteroatoms. The predicted molar refractivity (Wildman–Crippen MR) is 125 cm³/mol. The lowest BCUT2D eigenvalue weighted by Gasteiger charge is -2.13. The average Bonchev–Trinajstić information content (AvgIpc) is 2.73. The van der Waals surface area contributed by atoms with Crippen molar-refractivity contribution in [3.8, 4) is 11.5 Å². The second kappa shape index (κ2) is 12.7. The summed E-state index contributed by atoms with van der Waals surface area (Å²) in [6, 6.07) is 8.97. The lowest BCUT2D eigenvalue weighted by molar-refractivity contribution is 0.214. The van der Waals surface area contributed by atoms with Crippen molar-refractivity contribution in [2.75, 3.05) is 5.32 Å². The lowest BCUT2D eigenvalue weighted by Crippen LogP contribution is -2.17. The number of aromatic hydroxyl groups is 1. The molecule has 2 aromatic carbocycles. The predicted octanol–water partition coefficient (Wildman–Crippen LogP) is 8.30. The molecule has 2 N–H and O–H groups in total. The minimum absolute atomic E-state index is 0.105. The number of unbranched alkanes of at least 4 members (excludes halogenated alkanes) is 7. The first-order valence-electron chi connectivity index (χ1n) is 10.7. The molecular formula is C24H31Cl2NO3. The van der Waals surface area contributed by atoms with Crippen molar-refractivity contribution in [3.05, 3.63) is 51.5 Å². The molecular weight excluding hydrogens is 421 g/mol. The van der Waals surface area contributed by atoms with Crippen molar-refractivity contribution in [1.82, 2.24) is 0 Å². The Morgan fingerprint density at radius 1 is 1.03 bits per heavy atom. The number of para-hydroxylation sites is 1. The Balaban J connectivity index is 1.88. The largest absolute Gasteiger partial charge is 0.504 e. The molecule has 0 saturated heterocycles. The molecule has 0 bridgehead atoms. The molecule has 30 heavy (non-hydrogen) atoms. The minimum atomic E-state index is -0.704. The van der Waals surface area contributed by atoms with Gasteiger partial charge in [0.25, 0.3) is 0 Å². The first-order chi connectivity index (χ1) is 14.4. The topological polar surface area (TPSA) is 58.6 Å². The summed E-state index contributed by atoms with van der Waals surface area (Å²) in [5.74, 6) is 0.282. The Labute approximate surface area is 189 Å². The number of phenolic OH excluding ortho intramolecular Hbond substituents is 1. The third kappa shape index (κ3) is 7.41. The highest BCUT2D eigenvalue weighted by Gasteiger charge is 2.16.